The van der Waals surface area contributed by atoms with Gasteiger partial charge in [0, 0.05) is 0 Å². The average molecular weight is 160 g/mol. The summed E-state index contributed by atoms with van der Waals surface area (Å²) < 4.78 is 0. The quantitative estimate of drug-likeness (QED) is 0.311. The van der Waals surface area contributed by atoms with Crippen LogP contribution in [0.1, 0.15) is 1.43 Å². The summed E-state index contributed by atoms with van der Waals surface area (Å²) in [6.07, 6.45) is 0. The van der Waals surface area contributed by atoms with Crippen molar-refractivity contribution in [3.63, 3.8) is 0 Å². The molecule has 0 rings (SSSR count). The van der Waals surface area contributed by atoms with E-state index in [0.29, 0.717) is 0 Å². The van der Waals surface area contributed by atoms with Gasteiger partial charge in [-0.1, -0.05) is 0 Å². The van der Waals surface area contributed by atoms with E-state index < -0.39 is 31.8 Å². The van der Waals surface area contributed by atoms with E-state index in [0.717, 1.165) is 0 Å². The molecule has 0 fully saturated rings. The maximum absolute atomic E-state index is 8.50. The molecule has 0 aromatic rings. The number of hydrogen-bond acceptors (Lipinski definition) is 4. The first kappa shape index (κ1) is 13.4. The zero-order valence-corrected chi connectivity index (χ0v) is 8.12. The predicted molar refractivity (Wildman–Crippen MR) is 31.9 cm³/mol. The zero-order chi connectivity index (χ0) is 7.33. The van der Waals surface area contributed by atoms with Gasteiger partial charge in [0.2, 0.25) is 0 Å². The summed E-state index contributed by atoms with van der Waals surface area (Å²) in [7, 11) is 0. The average Bonchev–Trinajstić information content (AvgIpc) is 1.95. The van der Waals surface area contributed by atoms with Crippen LogP contribution in [0.3, 0.4) is 0 Å². The Labute approximate surface area is 83.3 Å². The smallest absolute Gasteiger partial charge is 1.00 e. The summed E-state index contributed by atoms with van der Waals surface area (Å²) in [5.41, 5.74) is -1.11. The van der Waals surface area contributed by atoms with Gasteiger partial charge in [-0.2, -0.15) is 0 Å². The minimum atomic E-state index is -1.11. The van der Waals surface area contributed by atoms with E-state index in [1.54, 1.807) is 0 Å². The normalized spacial score (nSPS) is 10.8. The van der Waals surface area contributed by atoms with Gasteiger partial charge < -0.3 is 21.9 Å². The predicted octanol–water partition coefficient (Wildman–Crippen LogP) is -4.94. The summed E-state index contributed by atoms with van der Waals surface area (Å²) in [6, 6.07) is 0. The largest absolute Gasteiger partial charge is 1.00 e. The standard InChI is InChI=1S/C5H12O4.Na.H/c6-1-5(2-7,3-8)4-9;;/h6-9H,1-4H2;;/q;+1;-1. The molecule has 0 aliphatic rings. The van der Waals surface area contributed by atoms with Gasteiger partial charge in [0.05, 0.1) is 31.8 Å². The van der Waals surface area contributed by atoms with Gasteiger partial charge in [-0.25, -0.2) is 0 Å². The molecule has 0 heterocycles. The van der Waals surface area contributed by atoms with E-state index in [1.807, 2.05) is 0 Å². The summed E-state index contributed by atoms with van der Waals surface area (Å²) in [5, 5.41) is 34.0. The van der Waals surface area contributed by atoms with Crippen LogP contribution in [0, 0.1) is 5.41 Å². The first-order valence-corrected chi connectivity index (χ1v) is 2.68. The van der Waals surface area contributed by atoms with Crippen LogP contribution in [0.2, 0.25) is 0 Å². The van der Waals surface area contributed by atoms with Gasteiger partial charge in [-0.15, -0.1) is 0 Å². The fourth-order valence-corrected chi connectivity index (χ4v) is 0.300. The van der Waals surface area contributed by atoms with Crippen LogP contribution in [0.15, 0.2) is 0 Å². The molecule has 0 radical (unpaired) electrons. The van der Waals surface area contributed by atoms with E-state index in [4.69, 9.17) is 20.4 Å². The van der Waals surface area contributed by atoms with Crippen LogP contribution in [-0.4, -0.2) is 46.9 Å². The molecule has 0 atom stereocenters. The van der Waals surface area contributed by atoms with Crippen LogP contribution < -0.4 is 29.6 Å². The Morgan fingerprint density at radius 2 is 1.00 bits per heavy atom. The van der Waals surface area contributed by atoms with Gasteiger partial charge in [-0.3, -0.25) is 0 Å². The van der Waals surface area contributed by atoms with Crippen molar-refractivity contribution >= 4 is 0 Å². The van der Waals surface area contributed by atoms with Gasteiger partial charge >= 0.3 is 29.6 Å². The van der Waals surface area contributed by atoms with Gasteiger partial charge in [-0.05, 0) is 0 Å². The zero-order valence-electron chi connectivity index (χ0n) is 7.12. The molecule has 0 unspecified atom stereocenters. The van der Waals surface area contributed by atoms with Crippen molar-refractivity contribution in [1.82, 2.24) is 0 Å². The minimum Gasteiger partial charge on any atom is -1.00 e. The summed E-state index contributed by atoms with van der Waals surface area (Å²) in [4.78, 5) is 0. The molecule has 0 amide bonds. The molecule has 4 nitrogen and oxygen atoms in total. The first-order valence-electron chi connectivity index (χ1n) is 2.68. The van der Waals surface area contributed by atoms with E-state index in [9.17, 15) is 0 Å². The van der Waals surface area contributed by atoms with Gasteiger partial charge in [0.1, 0.15) is 0 Å². The summed E-state index contributed by atoms with van der Waals surface area (Å²) in [6.45, 7) is -1.62. The molecule has 0 aliphatic heterocycles. The van der Waals surface area contributed by atoms with Crippen LogP contribution in [0.4, 0.5) is 0 Å². The van der Waals surface area contributed by atoms with Crippen molar-refractivity contribution in [3.05, 3.63) is 0 Å². The Kier molecular flexibility index (Phi) is 8.79. The second-order valence-electron chi connectivity index (χ2n) is 2.13. The number of rotatable bonds is 4. The van der Waals surface area contributed by atoms with E-state index >= 15 is 0 Å². The topological polar surface area (TPSA) is 80.9 Å². The number of aliphatic hydroxyl groups is 4. The van der Waals surface area contributed by atoms with Gasteiger partial charge in [0.15, 0.2) is 0 Å². The van der Waals surface area contributed by atoms with E-state index in [2.05, 4.69) is 0 Å². The monoisotopic (exact) mass is 160 g/mol. The van der Waals surface area contributed by atoms with Crippen molar-refractivity contribution in [2.24, 2.45) is 5.41 Å². The molecule has 10 heavy (non-hydrogen) atoms. The molecule has 58 valence electrons. The maximum atomic E-state index is 8.50. The Morgan fingerprint density at radius 3 is 1.00 bits per heavy atom. The third-order valence-electron chi connectivity index (χ3n) is 1.34. The first-order chi connectivity index (χ1) is 4.24. The van der Waals surface area contributed by atoms with Crippen molar-refractivity contribution in [1.29, 1.82) is 0 Å². The van der Waals surface area contributed by atoms with Crippen molar-refractivity contribution in [3.8, 4) is 0 Å². The Morgan fingerprint density at radius 1 is 0.800 bits per heavy atom. The summed E-state index contributed by atoms with van der Waals surface area (Å²) >= 11 is 0. The molecule has 0 aromatic carbocycles. The molecule has 0 saturated carbocycles. The van der Waals surface area contributed by atoms with Crippen molar-refractivity contribution < 1.29 is 51.4 Å². The molecular formula is C5H13NaO4. The molecular weight excluding hydrogens is 147 g/mol. The SMILES string of the molecule is OCC(CO)(CO)CO.[H-].[Na+]. The van der Waals surface area contributed by atoms with Crippen LogP contribution in [0.5, 0.6) is 0 Å². The second kappa shape index (κ2) is 6.54. The number of aliphatic hydroxyl groups excluding tert-OH is 4. The Balaban J connectivity index is -0.000000320. The third-order valence-corrected chi connectivity index (χ3v) is 1.34. The molecule has 0 saturated heterocycles. The Hall–Kier alpha value is 0.840. The van der Waals surface area contributed by atoms with Crippen LogP contribution in [0.25, 0.3) is 0 Å². The third kappa shape index (κ3) is 3.30. The fraction of sp³-hybridized carbons (Fsp3) is 1.00. The molecule has 0 aliphatic carbocycles. The molecule has 0 aromatic heterocycles. The van der Waals surface area contributed by atoms with Crippen LogP contribution in [-0.2, 0) is 0 Å². The maximum Gasteiger partial charge on any atom is 1.00 e. The van der Waals surface area contributed by atoms with E-state index in [-0.39, 0.29) is 31.0 Å². The van der Waals surface area contributed by atoms with E-state index in [1.165, 1.54) is 0 Å². The molecule has 5 heteroatoms. The number of hydrogen-bond donors (Lipinski definition) is 4. The van der Waals surface area contributed by atoms with Crippen LogP contribution >= 0.6 is 0 Å². The van der Waals surface area contributed by atoms with Gasteiger partial charge in [0.25, 0.3) is 0 Å². The molecule has 0 spiro atoms. The second-order valence-corrected chi connectivity index (χ2v) is 2.13. The molecule has 4 N–H and O–H groups in total. The molecule has 0 bridgehead atoms. The Bertz CT molecular complexity index is 61.4. The fourth-order valence-electron chi connectivity index (χ4n) is 0.300. The minimum absolute atomic E-state index is 0. The summed E-state index contributed by atoms with van der Waals surface area (Å²) in [5.74, 6) is 0. The van der Waals surface area contributed by atoms with Crippen molar-refractivity contribution in [2.45, 2.75) is 0 Å². The van der Waals surface area contributed by atoms with Crippen molar-refractivity contribution in [2.75, 3.05) is 26.4 Å².